The summed E-state index contributed by atoms with van der Waals surface area (Å²) in [7, 11) is 0. The van der Waals surface area contributed by atoms with Crippen molar-refractivity contribution in [2.75, 3.05) is 26.3 Å². The lowest BCUT2D eigenvalue weighted by Crippen LogP contribution is -2.42. The number of amides is 2. The molecule has 16 heavy (non-hydrogen) atoms. The van der Waals surface area contributed by atoms with E-state index in [2.05, 4.69) is 10.6 Å². The first-order chi connectivity index (χ1) is 7.57. The predicted molar refractivity (Wildman–Crippen MR) is 58.8 cm³/mol. The normalized spacial score (nSPS) is 11.9. The number of rotatable bonds is 7. The molecular formula is C10H20N2O4. The van der Waals surface area contributed by atoms with Crippen molar-refractivity contribution in [1.82, 2.24) is 10.6 Å². The van der Waals surface area contributed by atoms with Crippen molar-refractivity contribution in [2.24, 2.45) is 0 Å². The van der Waals surface area contributed by atoms with E-state index in [1.165, 1.54) is 6.92 Å². The Morgan fingerprint density at radius 2 is 1.94 bits per heavy atom. The smallest absolute Gasteiger partial charge is 0.309 e. The van der Waals surface area contributed by atoms with E-state index in [0.717, 1.165) is 0 Å². The molecule has 0 aromatic heterocycles. The zero-order valence-corrected chi connectivity index (χ0v) is 9.78. The van der Waals surface area contributed by atoms with Crippen molar-refractivity contribution < 1.29 is 19.4 Å². The maximum Gasteiger partial charge on any atom is 0.309 e. The number of hydrogen-bond donors (Lipinski definition) is 3. The van der Waals surface area contributed by atoms with Crippen LogP contribution >= 0.6 is 0 Å². The molecule has 0 saturated heterocycles. The van der Waals surface area contributed by atoms with Crippen molar-refractivity contribution in [2.45, 2.75) is 26.4 Å². The summed E-state index contributed by atoms with van der Waals surface area (Å²) < 4.78 is 5.07. The van der Waals surface area contributed by atoms with Crippen LogP contribution in [0.5, 0.6) is 0 Å². The SMILES string of the molecule is CCOCCCNC(=O)C(=O)NC[C@@H](C)O. The average molecular weight is 232 g/mol. The van der Waals surface area contributed by atoms with Crippen LogP contribution in [-0.4, -0.2) is 49.3 Å². The molecule has 94 valence electrons. The van der Waals surface area contributed by atoms with Crippen LogP contribution in [0.25, 0.3) is 0 Å². The first-order valence-corrected chi connectivity index (χ1v) is 5.39. The molecule has 0 saturated carbocycles. The molecule has 0 aromatic carbocycles. The molecule has 0 unspecified atom stereocenters. The molecule has 0 aliphatic carbocycles. The third-order valence-corrected chi connectivity index (χ3v) is 1.72. The molecule has 3 N–H and O–H groups in total. The highest BCUT2D eigenvalue weighted by Gasteiger charge is 2.12. The van der Waals surface area contributed by atoms with Crippen molar-refractivity contribution in [3.63, 3.8) is 0 Å². The van der Waals surface area contributed by atoms with Gasteiger partial charge in [0.25, 0.3) is 0 Å². The third-order valence-electron chi connectivity index (χ3n) is 1.72. The molecule has 0 bridgehead atoms. The number of aliphatic hydroxyl groups is 1. The van der Waals surface area contributed by atoms with E-state index < -0.39 is 17.9 Å². The number of carbonyl (C=O) groups excluding carboxylic acids is 2. The van der Waals surface area contributed by atoms with E-state index in [4.69, 9.17) is 9.84 Å². The summed E-state index contributed by atoms with van der Waals surface area (Å²) in [6.07, 6.45) is 0.0122. The number of nitrogens with one attached hydrogen (secondary N) is 2. The molecule has 0 aromatic rings. The molecule has 0 aliphatic heterocycles. The fourth-order valence-corrected chi connectivity index (χ4v) is 0.921. The van der Waals surface area contributed by atoms with Crippen LogP contribution in [-0.2, 0) is 14.3 Å². The topological polar surface area (TPSA) is 87.7 Å². The minimum Gasteiger partial charge on any atom is -0.392 e. The zero-order chi connectivity index (χ0) is 12.4. The number of aliphatic hydroxyl groups excluding tert-OH is 1. The third kappa shape index (κ3) is 8.19. The van der Waals surface area contributed by atoms with Crippen LogP contribution in [0.15, 0.2) is 0 Å². The molecule has 1 atom stereocenters. The van der Waals surface area contributed by atoms with Crippen molar-refractivity contribution in [3.05, 3.63) is 0 Å². The van der Waals surface area contributed by atoms with Gasteiger partial charge in [-0.25, -0.2) is 0 Å². The Balaban J connectivity index is 3.52. The van der Waals surface area contributed by atoms with Crippen LogP contribution in [0.1, 0.15) is 20.3 Å². The van der Waals surface area contributed by atoms with Gasteiger partial charge >= 0.3 is 11.8 Å². The maximum absolute atomic E-state index is 11.1. The van der Waals surface area contributed by atoms with Crippen LogP contribution in [0.4, 0.5) is 0 Å². The molecule has 6 nitrogen and oxygen atoms in total. The van der Waals surface area contributed by atoms with Gasteiger partial charge in [0.2, 0.25) is 0 Å². The van der Waals surface area contributed by atoms with Crippen LogP contribution in [0, 0.1) is 0 Å². The van der Waals surface area contributed by atoms with Gasteiger partial charge in [0.1, 0.15) is 0 Å². The highest BCUT2D eigenvalue weighted by Crippen LogP contribution is 1.81. The first kappa shape index (κ1) is 14.9. The van der Waals surface area contributed by atoms with Gasteiger partial charge in [0.05, 0.1) is 6.10 Å². The summed E-state index contributed by atoms with van der Waals surface area (Å²) in [6.45, 7) is 5.10. The monoisotopic (exact) mass is 232 g/mol. The number of ether oxygens (including phenoxy) is 1. The van der Waals surface area contributed by atoms with Gasteiger partial charge in [0.15, 0.2) is 0 Å². The van der Waals surface area contributed by atoms with E-state index in [9.17, 15) is 9.59 Å². The fraction of sp³-hybridized carbons (Fsp3) is 0.800. The molecule has 0 heterocycles. The Morgan fingerprint density at radius 3 is 2.50 bits per heavy atom. The second kappa shape index (κ2) is 9.11. The number of carbonyl (C=O) groups is 2. The van der Waals surface area contributed by atoms with E-state index in [0.29, 0.717) is 26.2 Å². The lowest BCUT2D eigenvalue weighted by atomic mass is 10.4. The fourth-order valence-electron chi connectivity index (χ4n) is 0.921. The zero-order valence-electron chi connectivity index (χ0n) is 9.78. The Hall–Kier alpha value is -1.14. The quantitative estimate of drug-likeness (QED) is 0.389. The largest absolute Gasteiger partial charge is 0.392 e. The van der Waals surface area contributed by atoms with E-state index in [1.54, 1.807) is 0 Å². The summed E-state index contributed by atoms with van der Waals surface area (Å²) in [5.74, 6) is -1.41. The second-order valence-corrected chi connectivity index (χ2v) is 3.37. The van der Waals surface area contributed by atoms with E-state index in [-0.39, 0.29) is 6.54 Å². The van der Waals surface area contributed by atoms with Gasteiger partial charge in [-0.3, -0.25) is 9.59 Å². The highest BCUT2D eigenvalue weighted by molar-refractivity contribution is 6.35. The first-order valence-electron chi connectivity index (χ1n) is 5.39. The van der Waals surface area contributed by atoms with Crippen molar-refractivity contribution >= 4 is 11.8 Å². The standard InChI is InChI=1S/C10H20N2O4/c1-3-16-6-4-5-11-9(14)10(15)12-7-8(2)13/h8,13H,3-7H2,1-2H3,(H,11,14)(H,12,15)/t8-/m1/s1. The van der Waals surface area contributed by atoms with Crippen molar-refractivity contribution in [3.8, 4) is 0 Å². The molecule has 0 rings (SSSR count). The van der Waals surface area contributed by atoms with Crippen LogP contribution in [0.2, 0.25) is 0 Å². The van der Waals surface area contributed by atoms with E-state index in [1.807, 2.05) is 6.92 Å². The Bertz CT molecular complexity index is 219. The Labute approximate surface area is 95.4 Å². The lowest BCUT2D eigenvalue weighted by Gasteiger charge is -2.07. The minimum atomic E-state index is -0.725. The number of hydrogen-bond acceptors (Lipinski definition) is 4. The Morgan fingerprint density at radius 1 is 1.31 bits per heavy atom. The highest BCUT2D eigenvalue weighted by atomic mass is 16.5. The van der Waals surface area contributed by atoms with Gasteiger partial charge in [-0.2, -0.15) is 0 Å². The predicted octanol–water partition coefficient (Wildman–Crippen LogP) is -0.974. The Kier molecular flexibility index (Phi) is 8.46. The summed E-state index contributed by atoms with van der Waals surface area (Å²) in [4.78, 5) is 22.2. The second-order valence-electron chi connectivity index (χ2n) is 3.37. The van der Waals surface area contributed by atoms with Gasteiger partial charge in [-0.1, -0.05) is 0 Å². The molecule has 0 radical (unpaired) electrons. The average Bonchev–Trinajstić information content (AvgIpc) is 2.25. The van der Waals surface area contributed by atoms with Crippen LogP contribution in [0.3, 0.4) is 0 Å². The molecule has 0 spiro atoms. The van der Waals surface area contributed by atoms with Gasteiger partial charge in [-0.05, 0) is 20.3 Å². The summed E-state index contributed by atoms with van der Waals surface area (Å²) in [6, 6.07) is 0. The van der Waals surface area contributed by atoms with Gasteiger partial charge < -0.3 is 20.5 Å². The minimum absolute atomic E-state index is 0.0746. The van der Waals surface area contributed by atoms with Gasteiger partial charge in [-0.15, -0.1) is 0 Å². The molecular weight excluding hydrogens is 212 g/mol. The van der Waals surface area contributed by atoms with E-state index >= 15 is 0 Å². The van der Waals surface area contributed by atoms with Gasteiger partial charge in [0, 0.05) is 26.3 Å². The summed E-state index contributed by atoms with van der Waals surface area (Å²) >= 11 is 0. The molecule has 2 amide bonds. The lowest BCUT2D eigenvalue weighted by molar-refractivity contribution is -0.139. The maximum atomic E-state index is 11.1. The molecule has 6 heteroatoms. The summed E-state index contributed by atoms with van der Waals surface area (Å²) in [5.41, 5.74) is 0. The van der Waals surface area contributed by atoms with Crippen LogP contribution < -0.4 is 10.6 Å². The van der Waals surface area contributed by atoms with Crippen molar-refractivity contribution in [1.29, 1.82) is 0 Å². The molecule has 0 aliphatic rings. The summed E-state index contributed by atoms with van der Waals surface area (Å²) in [5, 5.41) is 13.6. The molecule has 0 fully saturated rings.